The Morgan fingerprint density at radius 3 is 2.57 bits per heavy atom. The number of anilines is 1. The van der Waals surface area contributed by atoms with Gasteiger partial charge >= 0.3 is 5.97 Å². The summed E-state index contributed by atoms with van der Waals surface area (Å²) in [5.74, 6) is -0.402. The molecule has 1 aromatic heterocycles. The Balaban J connectivity index is 1.78. The van der Waals surface area contributed by atoms with Crippen LogP contribution < -0.4 is 5.32 Å². The van der Waals surface area contributed by atoms with E-state index in [-0.39, 0.29) is 11.9 Å². The van der Waals surface area contributed by atoms with Gasteiger partial charge in [-0.05, 0) is 48.6 Å². The molecular weight excluding hydrogens is 286 g/mol. The maximum atomic E-state index is 11.8. The predicted octanol–water partition coefficient (Wildman–Crippen LogP) is 3.50. The van der Waals surface area contributed by atoms with E-state index in [0.29, 0.717) is 17.7 Å². The highest BCUT2D eigenvalue weighted by atomic mass is 32.1. The third-order valence-corrected chi connectivity index (χ3v) is 3.93. The first-order valence-electron chi connectivity index (χ1n) is 6.69. The number of aryl methyl sites for hydroxylation is 1. The summed E-state index contributed by atoms with van der Waals surface area (Å²) >= 11 is 1.71. The van der Waals surface area contributed by atoms with Crippen LogP contribution in [0.5, 0.6) is 0 Å². The van der Waals surface area contributed by atoms with Crippen molar-refractivity contribution >= 4 is 28.9 Å². The van der Waals surface area contributed by atoms with Crippen LogP contribution in [0.3, 0.4) is 0 Å². The van der Waals surface area contributed by atoms with Crippen molar-refractivity contribution in [2.75, 3.05) is 12.4 Å². The highest BCUT2D eigenvalue weighted by Gasteiger charge is 2.06. The number of rotatable bonds is 6. The van der Waals surface area contributed by atoms with E-state index in [9.17, 15) is 9.59 Å². The molecule has 2 aromatic rings. The Hall–Kier alpha value is -2.14. The average molecular weight is 303 g/mol. The van der Waals surface area contributed by atoms with E-state index in [1.54, 1.807) is 35.6 Å². The highest BCUT2D eigenvalue weighted by Crippen LogP contribution is 2.14. The van der Waals surface area contributed by atoms with Crippen molar-refractivity contribution in [1.29, 1.82) is 0 Å². The molecule has 0 aliphatic heterocycles. The molecule has 0 aliphatic rings. The summed E-state index contributed by atoms with van der Waals surface area (Å²) in [5, 5.41) is 4.86. The van der Waals surface area contributed by atoms with Gasteiger partial charge in [0.05, 0.1) is 12.7 Å². The predicted molar refractivity (Wildman–Crippen MR) is 83.7 cm³/mol. The fraction of sp³-hybridized carbons (Fsp3) is 0.250. The number of amides is 1. The molecule has 110 valence electrons. The third-order valence-electron chi connectivity index (χ3n) is 3.00. The Kier molecular flexibility index (Phi) is 5.51. The molecule has 0 aliphatic carbocycles. The zero-order valence-corrected chi connectivity index (χ0v) is 12.6. The summed E-state index contributed by atoms with van der Waals surface area (Å²) in [6, 6.07) is 10.8. The smallest absolute Gasteiger partial charge is 0.337 e. The molecule has 1 aromatic carbocycles. The van der Waals surface area contributed by atoms with E-state index in [0.717, 1.165) is 12.8 Å². The van der Waals surface area contributed by atoms with Gasteiger partial charge in [0.1, 0.15) is 0 Å². The zero-order chi connectivity index (χ0) is 15.1. The van der Waals surface area contributed by atoms with Gasteiger partial charge in [-0.3, -0.25) is 4.79 Å². The number of carbonyl (C=O) groups excluding carboxylic acids is 2. The second-order valence-corrected chi connectivity index (χ2v) is 5.58. The second-order valence-electron chi connectivity index (χ2n) is 4.55. The van der Waals surface area contributed by atoms with E-state index >= 15 is 0 Å². The van der Waals surface area contributed by atoms with Crippen molar-refractivity contribution in [3.8, 4) is 0 Å². The fourth-order valence-electron chi connectivity index (χ4n) is 1.91. The monoisotopic (exact) mass is 303 g/mol. The summed E-state index contributed by atoms with van der Waals surface area (Å²) < 4.78 is 4.62. The number of hydrogen-bond donors (Lipinski definition) is 1. The average Bonchev–Trinajstić information content (AvgIpc) is 3.00. The number of hydrogen-bond acceptors (Lipinski definition) is 4. The molecule has 0 unspecified atom stereocenters. The number of thiophene rings is 1. The molecule has 2 rings (SSSR count). The van der Waals surface area contributed by atoms with Crippen molar-refractivity contribution in [1.82, 2.24) is 0 Å². The molecule has 1 heterocycles. The number of carbonyl (C=O) groups is 2. The van der Waals surface area contributed by atoms with Crippen LogP contribution in [0.1, 0.15) is 28.1 Å². The maximum absolute atomic E-state index is 11.8. The zero-order valence-electron chi connectivity index (χ0n) is 11.8. The van der Waals surface area contributed by atoms with Crippen LogP contribution in [0, 0.1) is 0 Å². The molecule has 0 spiro atoms. The molecule has 0 fully saturated rings. The lowest BCUT2D eigenvalue weighted by Crippen LogP contribution is -2.11. The molecule has 0 saturated heterocycles. The van der Waals surface area contributed by atoms with E-state index in [2.05, 4.69) is 16.1 Å². The van der Waals surface area contributed by atoms with Crippen molar-refractivity contribution < 1.29 is 14.3 Å². The van der Waals surface area contributed by atoms with Crippen molar-refractivity contribution in [3.63, 3.8) is 0 Å². The Bertz CT molecular complexity index is 590. The van der Waals surface area contributed by atoms with Crippen LogP contribution in [0.2, 0.25) is 0 Å². The number of ether oxygens (including phenoxy) is 1. The van der Waals surface area contributed by atoms with Crippen LogP contribution in [0.4, 0.5) is 5.69 Å². The standard InChI is InChI=1S/C16H17NO3S/c1-20-16(19)12-7-9-13(10-8-12)17-15(18)6-2-4-14-5-3-11-21-14/h3,5,7-11H,2,4,6H2,1H3,(H,17,18). The minimum atomic E-state index is -0.385. The number of esters is 1. The molecule has 21 heavy (non-hydrogen) atoms. The SMILES string of the molecule is COC(=O)c1ccc(NC(=O)CCCc2cccs2)cc1. The molecule has 1 N–H and O–H groups in total. The summed E-state index contributed by atoms with van der Waals surface area (Å²) in [6.07, 6.45) is 2.23. The van der Waals surface area contributed by atoms with Crippen molar-refractivity contribution in [2.24, 2.45) is 0 Å². The van der Waals surface area contributed by atoms with E-state index in [4.69, 9.17) is 0 Å². The minimum absolute atomic E-state index is 0.0163. The van der Waals surface area contributed by atoms with Gasteiger partial charge in [-0.25, -0.2) is 4.79 Å². The molecule has 0 saturated carbocycles. The van der Waals surface area contributed by atoms with Crippen LogP contribution in [-0.4, -0.2) is 19.0 Å². The van der Waals surface area contributed by atoms with Crippen LogP contribution in [0.15, 0.2) is 41.8 Å². The lowest BCUT2D eigenvalue weighted by Gasteiger charge is -2.06. The second kappa shape index (κ2) is 7.59. The molecule has 5 heteroatoms. The summed E-state index contributed by atoms with van der Waals surface area (Å²) in [5.41, 5.74) is 1.15. The van der Waals surface area contributed by atoms with Crippen molar-refractivity contribution in [3.05, 3.63) is 52.2 Å². The Labute approximate surface area is 127 Å². The quantitative estimate of drug-likeness (QED) is 0.831. The molecule has 1 amide bonds. The molecular formula is C16H17NO3S. The first-order chi connectivity index (χ1) is 10.2. The van der Waals surface area contributed by atoms with Gasteiger partial charge in [-0.15, -0.1) is 11.3 Å². The normalized spacial score (nSPS) is 10.1. The van der Waals surface area contributed by atoms with Gasteiger partial charge in [-0.2, -0.15) is 0 Å². The lowest BCUT2D eigenvalue weighted by atomic mass is 10.2. The van der Waals surface area contributed by atoms with Gasteiger partial charge < -0.3 is 10.1 Å². The topological polar surface area (TPSA) is 55.4 Å². The van der Waals surface area contributed by atoms with Gasteiger partial charge in [-0.1, -0.05) is 6.07 Å². The van der Waals surface area contributed by atoms with E-state index in [1.165, 1.54) is 12.0 Å². The lowest BCUT2D eigenvalue weighted by molar-refractivity contribution is -0.116. The minimum Gasteiger partial charge on any atom is -0.465 e. The molecule has 0 atom stereocenters. The maximum Gasteiger partial charge on any atom is 0.337 e. The van der Waals surface area contributed by atoms with Crippen LogP contribution >= 0.6 is 11.3 Å². The van der Waals surface area contributed by atoms with Gasteiger partial charge in [0.15, 0.2) is 0 Å². The Morgan fingerprint density at radius 2 is 1.95 bits per heavy atom. The van der Waals surface area contributed by atoms with Gasteiger partial charge in [0.2, 0.25) is 5.91 Å². The van der Waals surface area contributed by atoms with E-state index in [1.807, 2.05) is 11.4 Å². The third kappa shape index (κ3) is 4.72. The fourth-order valence-corrected chi connectivity index (χ4v) is 2.66. The molecule has 0 bridgehead atoms. The first kappa shape index (κ1) is 15.3. The first-order valence-corrected chi connectivity index (χ1v) is 7.57. The van der Waals surface area contributed by atoms with E-state index < -0.39 is 0 Å². The summed E-state index contributed by atoms with van der Waals surface area (Å²) in [4.78, 5) is 24.4. The molecule has 4 nitrogen and oxygen atoms in total. The molecule has 0 radical (unpaired) electrons. The van der Waals surface area contributed by atoms with Crippen molar-refractivity contribution in [2.45, 2.75) is 19.3 Å². The van der Waals surface area contributed by atoms with Gasteiger partial charge in [0.25, 0.3) is 0 Å². The number of nitrogens with one attached hydrogen (secondary N) is 1. The summed E-state index contributed by atoms with van der Waals surface area (Å²) in [6.45, 7) is 0. The van der Waals surface area contributed by atoms with Crippen LogP contribution in [-0.2, 0) is 16.0 Å². The number of methoxy groups -OCH3 is 1. The largest absolute Gasteiger partial charge is 0.465 e. The Morgan fingerprint density at radius 1 is 1.19 bits per heavy atom. The number of benzene rings is 1. The summed E-state index contributed by atoms with van der Waals surface area (Å²) in [7, 11) is 1.34. The highest BCUT2D eigenvalue weighted by molar-refractivity contribution is 7.09. The van der Waals surface area contributed by atoms with Crippen LogP contribution in [0.25, 0.3) is 0 Å². The van der Waals surface area contributed by atoms with Gasteiger partial charge in [0, 0.05) is 17.0 Å².